The van der Waals surface area contributed by atoms with Crippen LogP contribution in [0.15, 0.2) is 36.5 Å². The van der Waals surface area contributed by atoms with Crippen molar-refractivity contribution in [2.45, 2.75) is 38.8 Å². The van der Waals surface area contributed by atoms with Gasteiger partial charge in [0, 0.05) is 17.8 Å². The van der Waals surface area contributed by atoms with Crippen molar-refractivity contribution in [3.8, 4) is 11.6 Å². The second-order valence-electron chi connectivity index (χ2n) is 5.44. The lowest BCUT2D eigenvalue weighted by Gasteiger charge is -2.13. The molecule has 2 aromatic rings. The van der Waals surface area contributed by atoms with E-state index in [2.05, 4.69) is 10.4 Å². The van der Waals surface area contributed by atoms with Crippen molar-refractivity contribution in [3.05, 3.63) is 42.1 Å². The van der Waals surface area contributed by atoms with Crippen LogP contribution >= 0.6 is 0 Å². The van der Waals surface area contributed by atoms with Gasteiger partial charge in [-0.25, -0.2) is 4.68 Å². The third kappa shape index (κ3) is 3.24. The van der Waals surface area contributed by atoms with E-state index in [1.807, 2.05) is 43.5 Å². The molecule has 5 heteroatoms. The third-order valence-electron chi connectivity index (χ3n) is 3.45. The first kappa shape index (κ1) is 13.7. The third-order valence-corrected chi connectivity index (χ3v) is 3.45. The van der Waals surface area contributed by atoms with Crippen LogP contribution in [0.5, 0.6) is 5.88 Å². The van der Waals surface area contributed by atoms with Gasteiger partial charge in [0.1, 0.15) is 0 Å². The molecule has 1 aliphatic rings. The van der Waals surface area contributed by atoms with E-state index in [4.69, 9.17) is 4.74 Å². The lowest BCUT2D eigenvalue weighted by Crippen LogP contribution is -2.37. The van der Waals surface area contributed by atoms with Gasteiger partial charge in [0.25, 0.3) is 5.91 Å². The molecule has 1 aliphatic carbocycles. The lowest BCUT2D eigenvalue weighted by atomic mass is 10.3. The molecular weight excluding hydrogens is 266 g/mol. The van der Waals surface area contributed by atoms with E-state index in [1.165, 1.54) is 0 Å². The summed E-state index contributed by atoms with van der Waals surface area (Å²) in [6.45, 7) is 3.67. The number of nitrogens with zero attached hydrogens (tertiary/aromatic N) is 2. The van der Waals surface area contributed by atoms with Crippen molar-refractivity contribution >= 4 is 5.91 Å². The highest BCUT2D eigenvalue weighted by Gasteiger charge is 2.27. The van der Waals surface area contributed by atoms with Gasteiger partial charge < -0.3 is 10.1 Å². The van der Waals surface area contributed by atoms with E-state index in [-0.39, 0.29) is 5.91 Å². The van der Waals surface area contributed by atoms with E-state index in [1.54, 1.807) is 11.6 Å². The molecule has 1 atom stereocenters. The first-order valence-corrected chi connectivity index (χ1v) is 7.22. The second-order valence-corrected chi connectivity index (χ2v) is 5.44. The first-order chi connectivity index (χ1) is 10.1. The summed E-state index contributed by atoms with van der Waals surface area (Å²) in [6.07, 6.45) is 3.50. The first-order valence-electron chi connectivity index (χ1n) is 7.22. The molecule has 1 fully saturated rings. The largest absolute Gasteiger partial charge is 0.463 e. The summed E-state index contributed by atoms with van der Waals surface area (Å²) in [6, 6.07) is 10.2. The number of carbonyl (C=O) groups is 1. The molecule has 0 spiro atoms. The Morgan fingerprint density at radius 1 is 1.38 bits per heavy atom. The van der Waals surface area contributed by atoms with Gasteiger partial charge in [0.2, 0.25) is 5.88 Å². The van der Waals surface area contributed by atoms with Crippen LogP contribution in [0.25, 0.3) is 5.69 Å². The predicted molar refractivity (Wildman–Crippen MR) is 79.6 cm³/mol. The van der Waals surface area contributed by atoms with Crippen LogP contribution in [0.4, 0.5) is 0 Å². The van der Waals surface area contributed by atoms with Crippen molar-refractivity contribution in [2.24, 2.45) is 0 Å². The van der Waals surface area contributed by atoms with Gasteiger partial charge in [-0.15, -0.1) is 5.10 Å². The summed E-state index contributed by atoms with van der Waals surface area (Å²) in [5.74, 6) is 0.420. The smallest absolute Gasteiger partial charge is 0.261 e. The molecule has 0 saturated heterocycles. The molecule has 0 aliphatic heterocycles. The Hall–Kier alpha value is -2.30. The minimum Gasteiger partial charge on any atom is -0.463 e. The Bertz CT molecular complexity index is 632. The summed E-state index contributed by atoms with van der Waals surface area (Å²) < 4.78 is 7.45. The van der Waals surface area contributed by atoms with Gasteiger partial charge >= 0.3 is 0 Å². The van der Waals surface area contributed by atoms with Crippen molar-refractivity contribution in [1.29, 1.82) is 0 Å². The quantitative estimate of drug-likeness (QED) is 0.916. The minimum atomic E-state index is -0.538. The topological polar surface area (TPSA) is 56.2 Å². The van der Waals surface area contributed by atoms with E-state index in [0.717, 1.165) is 24.1 Å². The van der Waals surface area contributed by atoms with Crippen molar-refractivity contribution in [3.63, 3.8) is 0 Å². The summed E-state index contributed by atoms with van der Waals surface area (Å²) >= 11 is 0. The number of aryl methyl sites for hydroxylation is 1. The van der Waals surface area contributed by atoms with Crippen LogP contribution < -0.4 is 10.1 Å². The fourth-order valence-corrected chi connectivity index (χ4v) is 2.04. The molecule has 3 rings (SSSR count). The Kier molecular flexibility index (Phi) is 3.64. The van der Waals surface area contributed by atoms with Gasteiger partial charge in [0.15, 0.2) is 6.10 Å². The number of nitrogens with one attached hydrogen (secondary N) is 1. The number of rotatable bonds is 5. The van der Waals surface area contributed by atoms with Crippen LogP contribution in [0.3, 0.4) is 0 Å². The van der Waals surface area contributed by atoms with Gasteiger partial charge in [-0.1, -0.05) is 18.2 Å². The van der Waals surface area contributed by atoms with Crippen LogP contribution in [0.2, 0.25) is 0 Å². The Morgan fingerprint density at radius 3 is 2.76 bits per heavy atom. The molecule has 1 N–H and O–H groups in total. The Morgan fingerprint density at radius 2 is 2.10 bits per heavy atom. The molecule has 110 valence electrons. The average Bonchev–Trinajstić information content (AvgIpc) is 3.23. The van der Waals surface area contributed by atoms with E-state index in [9.17, 15) is 4.79 Å². The zero-order valence-corrected chi connectivity index (χ0v) is 12.2. The number of aromatic nitrogens is 2. The van der Waals surface area contributed by atoms with Crippen LogP contribution in [-0.2, 0) is 4.79 Å². The maximum atomic E-state index is 11.9. The van der Waals surface area contributed by atoms with Crippen LogP contribution in [-0.4, -0.2) is 27.8 Å². The van der Waals surface area contributed by atoms with Crippen molar-refractivity contribution < 1.29 is 9.53 Å². The summed E-state index contributed by atoms with van der Waals surface area (Å²) in [5, 5.41) is 7.34. The van der Waals surface area contributed by atoms with Crippen LogP contribution in [0, 0.1) is 6.92 Å². The van der Waals surface area contributed by atoms with Crippen molar-refractivity contribution in [1.82, 2.24) is 15.1 Å². The highest BCUT2D eigenvalue weighted by atomic mass is 16.5. The van der Waals surface area contributed by atoms with Crippen LogP contribution in [0.1, 0.15) is 25.3 Å². The minimum absolute atomic E-state index is 0.0776. The summed E-state index contributed by atoms with van der Waals surface area (Å²) in [5.41, 5.74) is 1.87. The number of hydrogen-bond donors (Lipinski definition) is 1. The molecule has 1 amide bonds. The molecule has 0 unspecified atom stereocenters. The molecule has 0 radical (unpaired) electrons. The molecule has 1 saturated carbocycles. The monoisotopic (exact) mass is 285 g/mol. The number of benzene rings is 1. The normalized spacial score (nSPS) is 15.5. The maximum Gasteiger partial charge on any atom is 0.261 e. The zero-order valence-electron chi connectivity index (χ0n) is 12.2. The van der Waals surface area contributed by atoms with Gasteiger partial charge in [-0.2, -0.15) is 0 Å². The predicted octanol–water partition coefficient (Wildman–Crippen LogP) is 2.23. The van der Waals surface area contributed by atoms with Gasteiger partial charge in [0.05, 0.1) is 5.69 Å². The zero-order chi connectivity index (χ0) is 14.8. The molecular formula is C16H19N3O2. The average molecular weight is 285 g/mol. The van der Waals surface area contributed by atoms with Gasteiger partial charge in [-0.05, 0) is 38.8 Å². The standard InChI is InChI=1S/C16H19N3O2/c1-11-10-19(14-6-4-3-5-7-14)18-16(11)21-12(2)15(20)17-13-8-9-13/h3-7,10,12-13H,8-9H2,1-2H3,(H,17,20)/t12-/m1/s1. The highest BCUT2D eigenvalue weighted by molar-refractivity contribution is 5.81. The summed E-state index contributed by atoms with van der Waals surface area (Å²) in [4.78, 5) is 11.9. The lowest BCUT2D eigenvalue weighted by molar-refractivity contribution is -0.127. The number of amides is 1. The van der Waals surface area contributed by atoms with Gasteiger partial charge in [-0.3, -0.25) is 4.79 Å². The molecule has 1 aromatic heterocycles. The maximum absolute atomic E-state index is 11.9. The fourth-order valence-electron chi connectivity index (χ4n) is 2.04. The Balaban J connectivity index is 1.70. The molecule has 0 bridgehead atoms. The van der Waals surface area contributed by atoms with E-state index in [0.29, 0.717) is 11.9 Å². The van der Waals surface area contributed by atoms with E-state index < -0.39 is 6.10 Å². The number of ether oxygens (including phenoxy) is 1. The fraction of sp³-hybridized carbons (Fsp3) is 0.375. The van der Waals surface area contributed by atoms with Crippen molar-refractivity contribution in [2.75, 3.05) is 0 Å². The van der Waals surface area contributed by atoms with E-state index >= 15 is 0 Å². The number of para-hydroxylation sites is 1. The Labute approximate surface area is 123 Å². The SMILES string of the molecule is Cc1cn(-c2ccccc2)nc1O[C@H](C)C(=O)NC1CC1. The summed E-state index contributed by atoms with van der Waals surface area (Å²) in [7, 11) is 0. The number of carbonyl (C=O) groups excluding carboxylic acids is 1. The molecule has 1 heterocycles. The second kappa shape index (κ2) is 5.60. The molecule has 5 nitrogen and oxygen atoms in total. The number of hydrogen-bond acceptors (Lipinski definition) is 3. The molecule has 1 aromatic carbocycles. The molecule has 21 heavy (non-hydrogen) atoms. The highest BCUT2D eigenvalue weighted by Crippen LogP contribution is 2.21.